The summed E-state index contributed by atoms with van der Waals surface area (Å²) in [6, 6.07) is 13.6. The van der Waals surface area contributed by atoms with Gasteiger partial charge in [-0.1, -0.05) is 24.3 Å². The number of methoxy groups -OCH3 is 1. The van der Waals surface area contributed by atoms with Crippen LogP contribution in [0.4, 0.5) is 0 Å². The summed E-state index contributed by atoms with van der Waals surface area (Å²) in [5.74, 6) is 1.17. The fraction of sp³-hybridized carbons (Fsp3) is 0.519. The van der Waals surface area contributed by atoms with Gasteiger partial charge in [0.25, 0.3) is 5.91 Å². The van der Waals surface area contributed by atoms with Crippen molar-refractivity contribution in [1.29, 1.82) is 0 Å². The normalized spacial score (nSPS) is 22.4. The van der Waals surface area contributed by atoms with Crippen molar-refractivity contribution in [1.82, 2.24) is 4.90 Å². The standard InChI is InChI=1S/C27H35NO5/c1-18(2)32-23-10-9-20(15-25(23)31-4)26(30)28-13-11-27(12-14-28)17-21(29)16-24(33-27)22-8-6-5-7-19(22)3/h5-10,15,18,21,24,29H,11-14,16-17H2,1-4H3/t21-,24-/m0/s1. The van der Waals surface area contributed by atoms with Gasteiger partial charge in [0.15, 0.2) is 11.5 Å². The number of benzene rings is 2. The molecule has 0 aliphatic carbocycles. The predicted octanol–water partition coefficient (Wildman–Crippen LogP) is 4.68. The summed E-state index contributed by atoms with van der Waals surface area (Å²) in [6.07, 6.45) is 2.16. The van der Waals surface area contributed by atoms with E-state index in [4.69, 9.17) is 14.2 Å². The largest absolute Gasteiger partial charge is 0.493 e. The minimum atomic E-state index is -0.400. The van der Waals surface area contributed by atoms with Crippen molar-refractivity contribution in [3.8, 4) is 11.5 Å². The van der Waals surface area contributed by atoms with Crippen molar-refractivity contribution in [2.24, 2.45) is 0 Å². The van der Waals surface area contributed by atoms with Gasteiger partial charge in [-0.05, 0) is 62.9 Å². The molecule has 2 saturated heterocycles. The highest BCUT2D eigenvalue weighted by Gasteiger charge is 2.44. The van der Waals surface area contributed by atoms with Crippen molar-refractivity contribution >= 4 is 5.91 Å². The van der Waals surface area contributed by atoms with Crippen LogP contribution in [-0.2, 0) is 4.74 Å². The molecular weight excluding hydrogens is 418 g/mol. The van der Waals surface area contributed by atoms with Gasteiger partial charge >= 0.3 is 0 Å². The average Bonchev–Trinajstić information content (AvgIpc) is 2.79. The van der Waals surface area contributed by atoms with E-state index in [0.29, 0.717) is 55.8 Å². The molecule has 0 saturated carbocycles. The van der Waals surface area contributed by atoms with Crippen LogP contribution in [-0.4, -0.2) is 53.9 Å². The number of carbonyl (C=O) groups excluding carboxylic acids is 1. The molecule has 2 aromatic rings. The van der Waals surface area contributed by atoms with Crippen LogP contribution in [0.2, 0.25) is 0 Å². The van der Waals surface area contributed by atoms with Crippen LogP contribution in [0, 0.1) is 6.92 Å². The minimum absolute atomic E-state index is 0.0214. The molecule has 0 radical (unpaired) electrons. The van der Waals surface area contributed by atoms with Crippen LogP contribution < -0.4 is 9.47 Å². The van der Waals surface area contributed by atoms with E-state index in [1.807, 2.05) is 30.9 Å². The molecule has 0 aromatic heterocycles. The zero-order chi connectivity index (χ0) is 23.6. The molecule has 2 aliphatic rings. The molecule has 0 bridgehead atoms. The fourth-order valence-electron chi connectivity index (χ4n) is 5.07. The van der Waals surface area contributed by atoms with E-state index < -0.39 is 11.7 Å². The van der Waals surface area contributed by atoms with Gasteiger partial charge in [0.05, 0.1) is 31.0 Å². The van der Waals surface area contributed by atoms with Gasteiger partial charge in [-0.15, -0.1) is 0 Å². The zero-order valence-corrected chi connectivity index (χ0v) is 20.0. The molecule has 2 aromatic carbocycles. The third kappa shape index (κ3) is 5.17. The highest BCUT2D eigenvalue weighted by Crippen LogP contribution is 2.43. The topological polar surface area (TPSA) is 68.2 Å². The average molecular weight is 454 g/mol. The maximum atomic E-state index is 13.2. The molecule has 1 amide bonds. The lowest BCUT2D eigenvalue weighted by molar-refractivity contribution is -0.181. The van der Waals surface area contributed by atoms with E-state index >= 15 is 0 Å². The first-order valence-corrected chi connectivity index (χ1v) is 11.9. The van der Waals surface area contributed by atoms with Crippen LogP contribution in [0.5, 0.6) is 11.5 Å². The summed E-state index contributed by atoms with van der Waals surface area (Å²) >= 11 is 0. The van der Waals surface area contributed by atoms with Gasteiger partial charge in [-0.25, -0.2) is 0 Å². The summed E-state index contributed by atoms with van der Waals surface area (Å²) in [5.41, 5.74) is 2.51. The molecule has 1 N–H and O–H groups in total. The van der Waals surface area contributed by atoms with E-state index in [9.17, 15) is 9.90 Å². The van der Waals surface area contributed by atoms with E-state index in [2.05, 4.69) is 19.1 Å². The summed E-state index contributed by atoms with van der Waals surface area (Å²) in [4.78, 5) is 15.1. The number of carbonyl (C=O) groups is 1. The molecule has 2 aliphatic heterocycles. The SMILES string of the molecule is COc1cc(C(=O)N2CCC3(CC2)C[C@@H](O)C[C@@H](c2ccccc2C)O3)ccc1OC(C)C. The Balaban J connectivity index is 1.44. The minimum Gasteiger partial charge on any atom is -0.493 e. The molecule has 178 valence electrons. The number of aliphatic hydroxyl groups excluding tert-OH is 1. The van der Waals surface area contributed by atoms with Gasteiger partial charge < -0.3 is 24.2 Å². The van der Waals surface area contributed by atoms with Crippen molar-refractivity contribution in [2.75, 3.05) is 20.2 Å². The number of amides is 1. The number of aryl methyl sites for hydroxylation is 1. The van der Waals surface area contributed by atoms with Gasteiger partial charge in [-0.2, -0.15) is 0 Å². The first-order valence-electron chi connectivity index (χ1n) is 11.9. The van der Waals surface area contributed by atoms with Crippen LogP contribution in [0.25, 0.3) is 0 Å². The number of likely N-dealkylation sites (tertiary alicyclic amines) is 1. The van der Waals surface area contributed by atoms with Crippen molar-refractivity contribution in [2.45, 2.75) is 70.4 Å². The lowest BCUT2D eigenvalue weighted by Crippen LogP contribution is -2.52. The number of hydrogen-bond acceptors (Lipinski definition) is 5. The van der Waals surface area contributed by atoms with Crippen LogP contribution in [0.1, 0.15) is 67.1 Å². The van der Waals surface area contributed by atoms with Gasteiger partial charge in [0, 0.05) is 31.5 Å². The van der Waals surface area contributed by atoms with Gasteiger partial charge in [0.2, 0.25) is 0 Å². The lowest BCUT2D eigenvalue weighted by Gasteiger charge is -2.48. The number of nitrogens with zero attached hydrogens (tertiary/aromatic N) is 1. The third-order valence-electron chi connectivity index (χ3n) is 6.76. The molecule has 6 heteroatoms. The summed E-state index contributed by atoms with van der Waals surface area (Å²) in [5, 5.41) is 10.7. The van der Waals surface area contributed by atoms with Crippen molar-refractivity contribution in [3.05, 3.63) is 59.2 Å². The number of rotatable bonds is 5. The maximum absolute atomic E-state index is 13.2. The molecule has 33 heavy (non-hydrogen) atoms. The Bertz CT molecular complexity index is 980. The number of piperidine rings is 1. The Morgan fingerprint density at radius 1 is 1.15 bits per heavy atom. The highest BCUT2D eigenvalue weighted by molar-refractivity contribution is 5.95. The van der Waals surface area contributed by atoms with Crippen molar-refractivity contribution in [3.63, 3.8) is 0 Å². The van der Waals surface area contributed by atoms with Crippen LogP contribution in [0.15, 0.2) is 42.5 Å². The fourth-order valence-corrected chi connectivity index (χ4v) is 5.07. The Morgan fingerprint density at radius 3 is 2.55 bits per heavy atom. The zero-order valence-electron chi connectivity index (χ0n) is 20.0. The van der Waals surface area contributed by atoms with Gasteiger partial charge in [0.1, 0.15) is 0 Å². The molecular formula is C27H35NO5. The van der Waals surface area contributed by atoms with Crippen LogP contribution in [0.3, 0.4) is 0 Å². The van der Waals surface area contributed by atoms with E-state index in [1.165, 1.54) is 5.56 Å². The maximum Gasteiger partial charge on any atom is 0.253 e. The molecule has 0 unspecified atom stereocenters. The summed E-state index contributed by atoms with van der Waals surface area (Å²) in [6.45, 7) is 7.18. The second-order valence-corrected chi connectivity index (χ2v) is 9.56. The number of aliphatic hydroxyl groups is 1. The summed E-state index contributed by atoms with van der Waals surface area (Å²) < 4.78 is 17.9. The number of ether oxygens (including phenoxy) is 3. The molecule has 1 spiro atoms. The Kier molecular flexibility index (Phi) is 6.96. The predicted molar refractivity (Wildman–Crippen MR) is 127 cm³/mol. The van der Waals surface area contributed by atoms with Crippen LogP contribution >= 0.6 is 0 Å². The monoisotopic (exact) mass is 453 g/mol. The Morgan fingerprint density at radius 2 is 1.88 bits per heavy atom. The van der Waals surface area contributed by atoms with Crippen molar-refractivity contribution < 1.29 is 24.1 Å². The lowest BCUT2D eigenvalue weighted by atomic mass is 9.80. The van der Waals surface area contributed by atoms with E-state index in [-0.39, 0.29) is 18.1 Å². The molecule has 2 heterocycles. The third-order valence-corrected chi connectivity index (χ3v) is 6.76. The molecule has 6 nitrogen and oxygen atoms in total. The molecule has 2 atom stereocenters. The number of hydrogen-bond donors (Lipinski definition) is 1. The Labute approximate surface area is 196 Å². The second kappa shape index (κ2) is 9.74. The smallest absolute Gasteiger partial charge is 0.253 e. The Hall–Kier alpha value is -2.57. The summed E-state index contributed by atoms with van der Waals surface area (Å²) in [7, 11) is 1.58. The highest BCUT2D eigenvalue weighted by atomic mass is 16.5. The van der Waals surface area contributed by atoms with E-state index in [0.717, 1.165) is 5.56 Å². The second-order valence-electron chi connectivity index (χ2n) is 9.56. The first kappa shape index (κ1) is 23.6. The van der Waals surface area contributed by atoms with Gasteiger partial charge in [-0.3, -0.25) is 4.79 Å². The van der Waals surface area contributed by atoms with E-state index in [1.54, 1.807) is 25.3 Å². The molecule has 2 fully saturated rings. The molecule has 4 rings (SSSR count). The first-order chi connectivity index (χ1) is 15.8. The quantitative estimate of drug-likeness (QED) is 0.712.